The minimum absolute atomic E-state index is 0.560. The van der Waals surface area contributed by atoms with Crippen molar-refractivity contribution in [1.82, 2.24) is 15.3 Å². The Morgan fingerprint density at radius 2 is 1.71 bits per heavy atom. The Balaban J connectivity index is 2.27. The van der Waals surface area contributed by atoms with Gasteiger partial charge in [-0.15, -0.1) is 0 Å². The summed E-state index contributed by atoms with van der Waals surface area (Å²) in [6.07, 6.45) is 3.55. The summed E-state index contributed by atoms with van der Waals surface area (Å²) in [5.41, 5.74) is 0. The summed E-state index contributed by atoms with van der Waals surface area (Å²) in [7, 11) is 0. The molecule has 0 bridgehead atoms. The molecule has 0 radical (unpaired) electrons. The van der Waals surface area contributed by atoms with E-state index >= 15 is 0 Å². The van der Waals surface area contributed by atoms with Crippen molar-refractivity contribution in [3.8, 4) is 11.8 Å². The molecule has 17 heavy (non-hydrogen) atoms. The van der Waals surface area contributed by atoms with E-state index in [9.17, 15) is 0 Å². The smallest absolute Gasteiger partial charge is 0.220 e. The summed E-state index contributed by atoms with van der Waals surface area (Å²) < 4.78 is 10.9. The molecule has 0 fully saturated rings. The molecule has 0 aliphatic carbocycles. The van der Waals surface area contributed by atoms with E-state index in [1.807, 2.05) is 0 Å². The SMILES string of the molecule is CCCNCCOc1cc(OCCC)ncn1. The van der Waals surface area contributed by atoms with Crippen molar-refractivity contribution in [2.75, 3.05) is 26.3 Å². The summed E-state index contributed by atoms with van der Waals surface area (Å²) in [5.74, 6) is 1.13. The van der Waals surface area contributed by atoms with Gasteiger partial charge in [0.25, 0.3) is 0 Å². The predicted molar refractivity (Wildman–Crippen MR) is 66.5 cm³/mol. The molecule has 0 aliphatic rings. The fourth-order valence-electron chi connectivity index (χ4n) is 1.22. The van der Waals surface area contributed by atoms with Crippen LogP contribution in [0.4, 0.5) is 0 Å². The maximum atomic E-state index is 5.48. The molecule has 0 spiro atoms. The van der Waals surface area contributed by atoms with E-state index in [0.29, 0.717) is 25.0 Å². The Kier molecular flexibility index (Phi) is 7.06. The summed E-state index contributed by atoms with van der Waals surface area (Å²) in [6, 6.07) is 1.72. The summed E-state index contributed by atoms with van der Waals surface area (Å²) >= 11 is 0. The first-order valence-corrected chi connectivity index (χ1v) is 6.15. The largest absolute Gasteiger partial charge is 0.478 e. The summed E-state index contributed by atoms with van der Waals surface area (Å²) in [5, 5.41) is 3.25. The molecule has 1 N–H and O–H groups in total. The van der Waals surface area contributed by atoms with Crippen LogP contribution in [0.25, 0.3) is 0 Å². The topological polar surface area (TPSA) is 56.3 Å². The van der Waals surface area contributed by atoms with Crippen LogP contribution in [0, 0.1) is 0 Å². The van der Waals surface area contributed by atoms with E-state index in [1.165, 1.54) is 6.33 Å². The number of hydrogen-bond acceptors (Lipinski definition) is 5. The van der Waals surface area contributed by atoms with Gasteiger partial charge in [-0.3, -0.25) is 0 Å². The van der Waals surface area contributed by atoms with Gasteiger partial charge in [-0.2, -0.15) is 0 Å². The Morgan fingerprint density at radius 3 is 2.35 bits per heavy atom. The molecule has 1 heterocycles. The average Bonchev–Trinajstić information content (AvgIpc) is 2.37. The second kappa shape index (κ2) is 8.75. The van der Waals surface area contributed by atoms with Crippen molar-refractivity contribution >= 4 is 0 Å². The Labute approximate surface area is 103 Å². The lowest BCUT2D eigenvalue weighted by atomic mass is 10.5. The first kappa shape index (κ1) is 13.7. The molecule has 0 unspecified atom stereocenters. The molecule has 0 aliphatic heterocycles. The number of rotatable bonds is 9. The van der Waals surface area contributed by atoms with Gasteiger partial charge in [-0.1, -0.05) is 13.8 Å². The monoisotopic (exact) mass is 239 g/mol. The maximum absolute atomic E-state index is 5.48. The van der Waals surface area contributed by atoms with Crippen LogP contribution in [-0.2, 0) is 0 Å². The van der Waals surface area contributed by atoms with Crippen molar-refractivity contribution in [2.45, 2.75) is 26.7 Å². The van der Waals surface area contributed by atoms with E-state index in [4.69, 9.17) is 9.47 Å². The van der Waals surface area contributed by atoms with Crippen LogP contribution < -0.4 is 14.8 Å². The Hall–Kier alpha value is -1.36. The van der Waals surface area contributed by atoms with Crippen molar-refractivity contribution < 1.29 is 9.47 Å². The lowest BCUT2D eigenvalue weighted by molar-refractivity contribution is 0.284. The van der Waals surface area contributed by atoms with Crippen LogP contribution in [0.1, 0.15) is 26.7 Å². The summed E-state index contributed by atoms with van der Waals surface area (Å²) in [6.45, 7) is 7.29. The van der Waals surface area contributed by atoms with Gasteiger partial charge in [-0.05, 0) is 19.4 Å². The van der Waals surface area contributed by atoms with Crippen LogP contribution in [0.15, 0.2) is 12.4 Å². The van der Waals surface area contributed by atoms with E-state index < -0.39 is 0 Å². The van der Waals surface area contributed by atoms with E-state index in [0.717, 1.165) is 25.9 Å². The van der Waals surface area contributed by atoms with Gasteiger partial charge in [0.15, 0.2) is 0 Å². The average molecular weight is 239 g/mol. The molecule has 0 aromatic carbocycles. The zero-order chi connectivity index (χ0) is 12.3. The highest BCUT2D eigenvalue weighted by Gasteiger charge is 2.00. The number of ether oxygens (including phenoxy) is 2. The van der Waals surface area contributed by atoms with Gasteiger partial charge < -0.3 is 14.8 Å². The highest BCUT2D eigenvalue weighted by molar-refractivity contribution is 5.18. The minimum atomic E-state index is 0.560. The molecule has 1 aromatic heterocycles. The third-order valence-electron chi connectivity index (χ3n) is 2.03. The van der Waals surface area contributed by atoms with Crippen molar-refractivity contribution in [1.29, 1.82) is 0 Å². The third-order valence-corrected chi connectivity index (χ3v) is 2.03. The maximum Gasteiger partial charge on any atom is 0.220 e. The van der Waals surface area contributed by atoms with Crippen LogP contribution in [0.5, 0.6) is 11.8 Å². The number of nitrogens with zero attached hydrogens (tertiary/aromatic N) is 2. The highest BCUT2D eigenvalue weighted by atomic mass is 16.5. The fourth-order valence-corrected chi connectivity index (χ4v) is 1.22. The molecule has 0 amide bonds. The van der Waals surface area contributed by atoms with E-state index in [2.05, 4.69) is 29.1 Å². The zero-order valence-electron chi connectivity index (χ0n) is 10.6. The van der Waals surface area contributed by atoms with Gasteiger partial charge >= 0.3 is 0 Å². The molecule has 96 valence electrons. The van der Waals surface area contributed by atoms with Crippen molar-refractivity contribution in [3.63, 3.8) is 0 Å². The molecule has 0 atom stereocenters. The quantitative estimate of drug-likeness (QED) is 0.664. The standard InChI is InChI=1S/C12H21N3O2/c1-3-5-13-6-8-17-12-9-11(14-10-15-12)16-7-4-2/h9-10,13H,3-8H2,1-2H3. The first-order chi connectivity index (χ1) is 8.36. The molecular weight excluding hydrogens is 218 g/mol. The summed E-state index contributed by atoms with van der Waals surface area (Å²) in [4.78, 5) is 8.03. The first-order valence-electron chi connectivity index (χ1n) is 6.15. The molecule has 0 saturated carbocycles. The predicted octanol–water partition coefficient (Wildman–Crippen LogP) is 1.64. The number of hydrogen-bond donors (Lipinski definition) is 1. The Bertz CT molecular complexity index is 308. The lowest BCUT2D eigenvalue weighted by Crippen LogP contribution is -2.21. The van der Waals surface area contributed by atoms with Crippen LogP contribution in [0.2, 0.25) is 0 Å². The van der Waals surface area contributed by atoms with Crippen LogP contribution in [0.3, 0.4) is 0 Å². The Morgan fingerprint density at radius 1 is 1.00 bits per heavy atom. The van der Waals surface area contributed by atoms with Crippen LogP contribution in [-0.4, -0.2) is 36.3 Å². The van der Waals surface area contributed by atoms with E-state index in [1.54, 1.807) is 6.07 Å². The van der Waals surface area contributed by atoms with Gasteiger partial charge in [-0.25, -0.2) is 9.97 Å². The zero-order valence-corrected chi connectivity index (χ0v) is 10.6. The third kappa shape index (κ3) is 6.06. The van der Waals surface area contributed by atoms with Gasteiger partial charge in [0.1, 0.15) is 12.9 Å². The van der Waals surface area contributed by atoms with Crippen LogP contribution >= 0.6 is 0 Å². The van der Waals surface area contributed by atoms with Crippen molar-refractivity contribution in [3.05, 3.63) is 12.4 Å². The minimum Gasteiger partial charge on any atom is -0.478 e. The molecule has 5 nitrogen and oxygen atoms in total. The van der Waals surface area contributed by atoms with Gasteiger partial charge in [0, 0.05) is 6.54 Å². The van der Waals surface area contributed by atoms with Crippen molar-refractivity contribution in [2.24, 2.45) is 0 Å². The molecular formula is C12H21N3O2. The molecule has 5 heteroatoms. The fraction of sp³-hybridized carbons (Fsp3) is 0.667. The number of aromatic nitrogens is 2. The van der Waals surface area contributed by atoms with Gasteiger partial charge in [0.2, 0.25) is 11.8 Å². The number of nitrogens with one attached hydrogen (secondary N) is 1. The molecule has 0 saturated heterocycles. The molecule has 1 rings (SSSR count). The lowest BCUT2D eigenvalue weighted by Gasteiger charge is -2.07. The van der Waals surface area contributed by atoms with Gasteiger partial charge in [0.05, 0.1) is 12.7 Å². The highest BCUT2D eigenvalue weighted by Crippen LogP contribution is 2.12. The second-order valence-corrected chi connectivity index (χ2v) is 3.64. The molecule has 1 aromatic rings. The van der Waals surface area contributed by atoms with E-state index in [-0.39, 0.29) is 0 Å². The normalized spacial score (nSPS) is 10.2. The second-order valence-electron chi connectivity index (χ2n) is 3.64.